The van der Waals surface area contributed by atoms with E-state index in [0.29, 0.717) is 17.4 Å². The summed E-state index contributed by atoms with van der Waals surface area (Å²) in [7, 11) is 0. The summed E-state index contributed by atoms with van der Waals surface area (Å²) in [5.74, 6) is 0.626. The predicted molar refractivity (Wildman–Crippen MR) is 88.9 cm³/mol. The summed E-state index contributed by atoms with van der Waals surface area (Å²) in [5, 5.41) is 11.5. The number of rotatable bonds is 4. The maximum Gasteiger partial charge on any atom is 0.159 e. The maximum atomic E-state index is 5.79. The SMILES string of the molecule is Cc1nnc(NCc2cccc(Br)c2)c(C(N)=S)c1C. The molecule has 2 aromatic rings. The molecule has 0 saturated carbocycles. The van der Waals surface area contributed by atoms with E-state index >= 15 is 0 Å². The molecule has 20 heavy (non-hydrogen) atoms. The quantitative estimate of drug-likeness (QED) is 0.829. The number of anilines is 1. The third-order valence-electron chi connectivity index (χ3n) is 3.05. The number of halogens is 1. The van der Waals surface area contributed by atoms with Crippen LogP contribution < -0.4 is 11.1 Å². The van der Waals surface area contributed by atoms with Crippen molar-refractivity contribution < 1.29 is 0 Å². The molecule has 0 bridgehead atoms. The fraction of sp³-hybridized carbons (Fsp3) is 0.214. The van der Waals surface area contributed by atoms with Crippen molar-refractivity contribution >= 4 is 39.0 Å². The molecule has 0 unspecified atom stereocenters. The number of benzene rings is 1. The van der Waals surface area contributed by atoms with Crippen LogP contribution in [-0.4, -0.2) is 15.2 Å². The van der Waals surface area contributed by atoms with Gasteiger partial charge >= 0.3 is 0 Å². The van der Waals surface area contributed by atoms with Crippen molar-refractivity contribution in [2.45, 2.75) is 20.4 Å². The van der Waals surface area contributed by atoms with E-state index in [0.717, 1.165) is 26.9 Å². The minimum Gasteiger partial charge on any atom is -0.389 e. The van der Waals surface area contributed by atoms with Crippen LogP contribution in [0.25, 0.3) is 0 Å². The molecular formula is C14H15BrN4S. The van der Waals surface area contributed by atoms with Crippen molar-refractivity contribution in [2.24, 2.45) is 5.73 Å². The Morgan fingerprint density at radius 3 is 2.75 bits per heavy atom. The smallest absolute Gasteiger partial charge is 0.159 e. The summed E-state index contributed by atoms with van der Waals surface area (Å²) in [6.07, 6.45) is 0. The highest BCUT2D eigenvalue weighted by Gasteiger charge is 2.13. The Kier molecular flexibility index (Phi) is 4.67. The Bertz CT molecular complexity index is 658. The Balaban J connectivity index is 2.26. The monoisotopic (exact) mass is 350 g/mol. The maximum absolute atomic E-state index is 5.79. The van der Waals surface area contributed by atoms with E-state index < -0.39 is 0 Å². The third-order valence-corrected chi connectivity index (χ3v) is 3.75. The lowest BCUT2D eigenvalue weighted by Crippen LogP contribution is -2.18. The van der Waals surface area contributed by atoms with Gasteiger partial charge in [-0.3, -0.25) is 0 Å². The standard InChI is InChI=1S/C14H15BrN4S/c1-8-9(2)18-19-14(12(8)13(16)20)17-7-10-4-3-5-11(15)6-10/h3-6H,7H2,1-2H3,(H2,16,20)(H,17,19). The molecule has 4 nitrogen and oxygen atoms in total. The zero-order valence-electron chi connectivity index (χ0n) is 11.3. The molecule has 0 atom stereocenters. The van der Waals surface area contributed by atoms with Crippen LogP contribution in [0.3, 0.4) is 0 Å². The van der Waals surface area contributed by atoms with Crippen LogP contribution in [0.2, 0.25) is 0 Å². The number of nitrogens with zero attached hydrogens (tertiary/aromatic N) is 2. The van der Waals surface area contributed by atoms with E-state index in [1.54, 1.807) is 0 Å². The van der Waals surface area contributed by atoms with Gasteiger partial charge in [0.05, 0.1) is 11.3 Å². The van der Waals surface area contributed by atoms with Crippen LogP contribution in [0.4, 0.5) is 5.82 Å². The van der Waals surface area contributed by atoms with Crippen LogP contribution >= 0.6 is 28.1 Å². The molecule has 2 rings (SSSR count). The zero-order chi connectivity index (χ0) is 14.7. The molecule has 0 aliphatic heterocycles. The first kappa shape index (κ1) is 14.9. The average Bonchev–Trinajstić information content (AvgIpc) is 2.39. The highest BCUT2D eigenvalue weighted by molar-refractivity contribution is 9.10. The van der Waals surface area contributed by atoms with Crippen molar-refractivity contribution in [1.82, 2.24) is 10.2 Å². The van der Waals surface area contributed by atoms with Gasteiger partial charge in [-0.15, -0.1) is 5.10 Å². The number of nitrogens with two attached hydrogens (primary N) is 1. The van der Waals surface area contributed by atoms with E-state index in [1.807, 2.05) is 38.1 Å². The van der Waals surface area contributed by atoms with Gasteiger partial charge in [0, 0.05) is 11.0 Å². The molecule has 0 aliphatic carbocycles. The minimum atomic E-state index is 0.331. The van der Waals surface area contributed by atoms with Crippen molar-refractivity contribution in [2.75, 3.05) is 5.32 Å². The van der Waals surface area contributed by atoms with Crippen molar-refractivity contribution in [3.05, 3.63) is 51.1 Å². The van der Waals surface area contributed by atoms with Crippen LogP contribution in [0, 0.1) is 13.8 Å². The molecule has 104 valence electrons. The van der Waals surface area contributed by atoms with Crippen molar-refractivity contribution in [3.8, 4) is 0 Å². The van der Waals surface area contributed by atoms with Gasteiger partial charge in [0.1, 0.15) is 4.99 Å². The summed E-state index contributed by atoms with van der Waals surface area (Å²) in [4.78, 5) is 0.331. The highest BCUT2D eigenvalue weighted by atomic mass is 79.9. The normalized spacial score (nSPS) is 10.3. The lowest BCUT2D eigenvalue weighted by molar-refractivity contribution is 0.943. The summed E-state index contributed by atoms with van der Waals surface area (Å²) in [6.45, 7) is 4.47. The number of hydrogen-bond donors (Lipinski definition) is 2. The predicted octanol–water partition coefficient (Wildman–Crippen LogP) is 3.10. The second kappa shape index (κ2) is 6.28. The zero-order valence-corrected chi connectivity index (χ0v) is 13.7. The van der Waals surface area contributed by atoms with Gasteiger partial charge in [-0.2, -0.15) is 5.10 Å². The van der Waals surface area contributed by atoms with E-state index in [1.165, 1.54) is 0 Å². The van der Waals surface area contributed by atoms with Gasteiger partial charge in [0.25, 0.3) is 0 Å². The highest BCUT2D eigenvalue weighted by Crippen LogP contribution is 2.19. The molecule has 3 N–H and O–H groups in total. The molecule has 1 heterocycles. The molecule has 0 amide bonds. The molecule has 0 fully saturated rings. The fourth-order valence-corrected chi connectivity index (χ4v) is 2.56. The lowest BCUT2D eigenvalue weighted by atomic mass is 10.1. The number of hydrogen-bond acceptors (Lipinski definition) is 4. The molecular weight excluding hydrogens is 336 g/mol. The summed E-state index contributed by atoms with van der Waals surface area (Å²) >= 11 is 8.56. The average molecular weight is 351 g/mol. The van der Waals surface area contributed by atoms with Gasteiger partial charge in [-0.25, -0.2) is 0 Å². The van der Waals surface area contributed by atoms with Crippen LogP contribution in [0.1, 0.15) is 22.4 Å². The van der Waals surface area contributed by atoms with Crippen molar-refractivity contribution in [3.63, 3.8) is 0 Å². The van der Waals surface area contributed by atoms with Gasteiger partial charge < -0.3 is 11.1 Å². The van der Waals surface area contributed by atoms with Crippen molar-refractivity contribution in [1.29, 1.82) is 0 Å². The number of nitrogens with one attached hydrogen (secondary N) is 1. The summed E-state index contributed by atoms with van der Waals surface area (Å²) in [5.41, 5.74) is 9.49. The second-order valence-electron chi connectivity index (χ2n) is 4.48. The minimum absolute atomic E-state index is 0.331. The first-order chi connectivity index (χ1) is 9.49. The molecule has 0 saturated heterocycles. The van der Waals surface area contributed by atoms with Crippen LogP contribution in [0.5, 0.6) is 0 Å². The number of aromatic nitrogens is 2. The Labute approximate surface area is 131 Å². The first-order valence-corrected chi connectivity index (χ1v) is 7.31. The fourth-order valence-electron chi connectivity index (χ4n) is 1.87. The number of aryl methyl sites for hydroxylation is 1. The van der Waals surface area contributed by atoms with Crippen LogP contribution in [0.15, 0.2) is 28.7 Å². The Morgan fingerprint density at radius 1 is 1.35 bits per heavy atom. The third kappa shape index (κ3) is 3.32. The van der Waals surface area contributed by atoms with Gasteiger partial charge in [-0.05, 0) is 37.1 Å². The van der Waals surface area contributed by atoms with Gasteiger partial charge in [0.15, 0.2) is 5.82 Å². The Hall–Kier alpha value is -1.53. The molecule has 0 aliphatic rings. The lowest BCUT2D eigenvalue weighted by Gasteiger charge is -2.13. The Morgan fingerprint density at radius 2 is 2.10 bits per heavy atom. The molecule has 1 aromatic heterocycles. The topological polar surface area (TPSA) is 63.8 Å². The largest absolute Gasteiger partial charge is 0.389 e. The molecule has 1 aromatic carbocycles. The van der Waals surface area contributed by atoms with E-state index in [2.05, 4.69) is 31.4 Å². The molecule has 0 radical (unpaired) electrons. The summed E-state index contributed by atoms with van der Waals surface area (Å²) in [6, 6.07) is 8.05. The van der Waals surface area contributed by atoms with Crippen LogP contribution in [-0.2, 0) is 6.54 Å². The molecule has 0 spiro atoms. The van der Waals surface area contributed by atoms with E-state index in [9.17, 15) is 0 Å². The number of thiocarbonyl (C=S) groups is 1. The van der Waals surface area contributed by atoms with E-state index in [-0.39, 0.29) is 0 Å². The van der Waals surface area contributed by atoms with E-state index in [4.69, 9.17) is 18.0 Å². The van der Waals surface area contributed by atoms with Gasteiger partial charge in [-0.1, -0.05) is 40.3 Å². The first-order valence-electron chi connectivity index (χ1n) is 6.11. The second-order valence-corrected chi connectivity index (χ2v) is 5.84. The van der Waals surface area contributed by atoms with Gasteiger partial charge in [0.2, 0.25) is 0 Å². The summed E-state index contributed by atoms with van der Waals surface area (Å²) < 4.78 is 1.04. The molecule has 6 heteroatoms.